The molecule has 0 amide bonds. The number of aryl methyl sites for hydroxylation is 1. The predicted molar refractivity (Wildman–Crippen MR) is 92.2 cm³/mol. The van der Waals surface area contributed by atoms with Crippen LogP contribution in [-0.4, -0.2) is 21.7 Å². The number of fused-ring (bicyclic) bond motifs is 1. The van der Waals surface area contributed by atoms with Crippen LogP contribution < -0.4 is 10.3 Å². The van der Waals surface area contributed by atoms with Gasteiger partial charge in [-0.25, -0.2) is 4.98 Å². The van der Waals surface area contributed by atoms with Crippen molar-refractivity contribution in [3.8, 4) is 5.75 Å². The number of rotatable bonds is 6. The third-order valence-corrected chi connectivity index (χ3v) is 4.84. The molecule has 0 saturated carbocycles. The summed E-state index contributed by atoms with van der Waals surface area (Å²) in [6, 6.07) is 9.64. The number of thiazole rings is 1. The molecule has 0 aliphatic rings. The Labute approximate surface area is 136 Å². The highest BCUT2D eigenvalue weighted by Gasteiger charge is 2.03. The summed E-state index contributed by atoms with van der Waals surface area (Å²) in [5, 5.41) is 1.87. The number of hydrogen-bond acceptors (Lipinski definition) is 5. The summed E-state index contributed by atoms with van der Waals surface area (Å²) < 4.78 is 7.24. The Balaban J connectivity index is 1.48. The summed E-state index contributed by atoms with van der Waals surface area (Å²) in [5.74, 6) is 2.47. The van der Waals surface area contributed by atoms with E-state index < -0.39 is 0 Å². The zero-order chi connectivity index (χ0) is 15.4. The fraction of sp³-hybridized carbons (Fsp3) is 0.250. The third-order valence-electron chi connectivity index (χ3n) is 3.12. The number of hydrogen-bond donors (Lipinski definition) is 0. The number of ether oxygens (including phenoxy) is 1. The van der Waals surface area contributed by atoms with Gasteiger partial charge in [-0.1, -0.05) is 17.7 Å². The second-order valence-electron chi connectivity index (χ2n) is 4.86. The minimum absolute atomic E-state index is 0.0160. The van der Waals surface area contributed by atoms with Crippen LogP contribution in [0.2, 0.25) is 0 Å². The molecule has 0 atom stereocenters. The summed E-state index contributed by atoms with van der Waals surface area (Å²) in [4.78, 5) is 17.1. The Morgan fingerprint density at radius 3 is 2.95 bits per heavy atom. The minimum atomic E-state index is -0.0160. The van der Waals surface area contributed by atoms with Crippen LogP contribution in [0.15, 0.2) is 46.7 Å². The van der Waals surface area contributed by atoms with Gasteiger partial charge >= 0.3 is 0 Å². The molecular weight excluding hydrogens is 316 g/mol. The maximum atomic E-state index is 11.9. The van der Waals surface area contributed by atoms with Crippen LogP contribution in [0.4, 0.5) is 0 Å². The van der Waals surface area contributed by atoms with Gasteiger partial charge in [0.1, 0.15) is 5.75 Å². The highest BCUT2D eigenvalue weighted by Crippen LogP contribution is 2.14. The molecule has 0 unspecified atom stereocenters. The highest BCUT2D eigenvalue weighted by atomic mass is 32.2. The monoisotopic (exact) mass is 332 g/mol. The van der Waals surface area contributed by atoms with E-state index in [9.17, 15) is 4.79 Å². The fourth-order valence-electron chi connectivity index (χ4n) is 1.99. The summed E-state index contributed by atoms with van der Waals surface area (Å²) in [5.41, 5.74) is 2.04. The maximum absolute atomic E-state index is 11.9. The van der Waals surface area contributed by atoms with Crippen LogP contribution in [-0.2, 0) is 5.75 Å². The Kier molecular flexibility index (Phi) is 4.80. The Morgan fingerprint density at radius 2 is 2.14 bits per heavy atom. The van der Waals surface area contributed by atoms with Crippen LogP contribution in [0.1, 0.15) is 11.3 Å². The molecule has 4 nitrogen and oxygen atoms in total. The van der Waals surface area contributed by atoms with Gasteiger partial charge in [0.25, 0.3) is 5.56 Å². The Bertz CT molecular complexity index is 809. The van der Waals surface area contributed by atoms with Crippen molar-refractivity contribution in [3.05, 3.63) is 63.5 Å². The van der Waals surface area contributed by atoms with Crippen molar-refractivity contribution >= 4 is 28.1 Å². The van der Waals surface area contributed by atoms with E-state index in [0.29, 0.717) is 6.61 Å². The van der Waals surface area contributed by atoms with E-state index in [1.165, 1.54) is 16.9 Å². The van der Waals surface area contributed by atoms with Crippen LogP contribution >= 0.6 is 23.1 Å². The largest absolute Gasteiger partial charge is 0.493 e. The van der Waals surface area contributed by atoms with Gasteiger partial charge in [0.15, 0.2) is 4.96 Å². The van der Waals surface area contributed by atoms with Crippen molar-refractivity contribution in [1.82, 2.24) is 9.38 Å². The molecule has 2 heterocycles. The molecule has 3 rings (SSSR count). The average molecular weight is 332 g/mol. The standard InChI is InChI=1S/C16H16N2O2S2/c1-12-2-4-14(5-3-12)20-7-9-21-11-13-10-15(19)18-6-8-22-16(18)17-13/h2-6,8,10H,7,9,11H2,1H3. The first kappa shape index (κ1) is 15.1. The highest BCUT2D eigenvalue weighted by molar-refractivity contribution is 7.98. The van der Waals surface area contributed by atoms with Crippen LogP contribution in [0.5, 0.6) is 5.75 Å². The molecule has 22 heavy (non-hydrogen) atoms. The molecule has 0 N–H and O–H groups in total. The second-order valence-corrected chi connectivity index (χ2v) is 6.83. The van der Waals surface area contributed by atoms with Crippen LogP contribution in [0.25, 0.3) is 4.96 Å². The van der Waals surface area contributed by atoms with E-state index in [4.69, 9.17) is 4.74 Å². The predicted octanol–water partition coefficient (Wildman–Crippen LogP) is 3.38. The van der Waals surface area contributed by atoms with Crippen molar-refractivity contribution in [2.45, 2.75) is 12.7 Å². The van der Waals surface area contributed by atoms with Gasteiger partial charge in [-0.2, -0.15) is 11.8 Å². The first-order valence-electron chi connectivity index (χ1n) is 6.95. The Morgan fingerprint density at radius 1 is 1.32 bits per heavy atom. The molecule has 0 bridgehead atoms. The number of thioether (sulfide) groups is 1. The van der Waals surface area contributed by atoms with Crippen molar-refractivity contribution in [3.63, 3.8) is 0 Å². The first-order chi connectivity index (χ1) is 10.7. The molecule has 0 aliphatic carbocycles. The molecule has 3 aromatic rings. The van der Waals surface area contributed by atoms with Gasteiger partial charge in [-0.3, -0.25) is 9.20 Å². The van der Waals surface area contributed by atoms with Crippen molar-refractivity contribution in [1.29, 1.82) is 0 Å². The molecule has 0 saturated heterocycles. The molecular formula is C16H16N2O2S2. The van der Waals surface area contributed by atoms with Gasteiger partial charge in [-0.05, 0) is 19.1 Å². The summed E-state index contributed by atoms with van der Waals surface area (Å²) in [6.45, 7) is 2.70. The van der Waals surface area contributed by atoms with Crippen LogP contribution in [0, 0.1) is 6.92 Å². The SMILES string of the molecule is Cc1ccc(OCCSCc2cc(=O)n3ccsc3n2)cc1. The van der Waals surface area contributed by atoms with Crippen LogP contribution in [0.3, 0.4) is 0 Å². The van der Waals surface area contributed by atoms with Crippen molar-refractivity contribution < 1.29 is 4.74 Å². The number of aromatic nitrogens is 2. The van der Waals surface area contributed by atoms with Gasteiger partial charge in [-0.15, -0.1) is 11.3 Å². The quantitative estimate of drug-likeness (QED) is 0.649. The van der Waals surface area contributed by atoms with Gasteiger partial charge in [0, 0.05) is 29.1 Å². The van der Waals surface area contributed by atoms with E-state index in [0.717, 1.165) is 27.9 Å². The molecule has 6 heteroatoms. The maximum Gasteiger partial charge on any atom is 0.258 e. The fourth-order valence-corrected chi connectivity index (χ4v) is 3.43. The molecule has 1 aromatic carbocycles. The molecule has 114 valence electrons. The lowest BCUT2D eigenvalue weighted by Gasteiger charge is -2.06. The van der Waals surface area contributed by atoms with Gasteiger partial charge in [0.2, 0.25) is 0 Å². The van der Waals surface area contributed by atoms with Gasteiger partial charge in [0.05, 0.1) is 12.3 Å². The molecule has 0 fully saturated rings. The third kappa shape index (κ3) is 3.69. The van der Waals surface area contributed by atoms with E-state index in [2.05, 4.69) is 11.9 Å². The lowest BCUT2D eigenvalue weighted by atomic mass is 10.2. The van der Waals surface area contributed by atoms with E-state index in [1.54, 1.807) is 28.4 Å². The molecule has 2 aromatic heterocycles. The van der Waals surface area contributed by atoms with E-state index in [1.807, 2.05) is 29.6 Å². The lowest BCUT2D eigenvalue weighted by molar-refractivity contribution is 0.344. The zero-order valence-electron chi connectivity index (χ0n) is 12.2. The molecule has 0 aliphatic heterocycles. The topological polar surface area (TPSA) is 43.6 Å². The number of benzene rings is 1. The number of nitrogens with zero attached hydrogens (tertiary/aromatic N) is 2. The second kappa shape index (κ2) is 6.98. The van der Waals surface area contributed by atoms with E-state index in [-0.39, 0.29) is 5.56 Å². The summed E-state index contributed by atoms with van der Waals surface area (Å²) in [7, 11) is 0. The van der Waals surface area contributed by atoms with E-state index >= 15 is 0 Å². The normalized spacial score (nSPS) is 11.0. The lowest BCUT2D eigenvalue weighted by Crippen LogP contribution is -2.12. The smallest absolute Gasteiger partial charge is 0.258 e. The van der Waals surface area contributed by atoms with Crippen molar-refractivity contribution in [2.24, 2.45) is 0 Å². The molecule has 0 radical (unpaired) electrons. The molecule has 0 spiro atoms. The summed E-state index contributed by atoms with van der Waals surface area (Å²) in [6.07, 6.45) is 1.75. The van der Waals surface area contributed by atoms with Crippen molar-refractivity contribution in [2.75, 3.05) is 12.4 Å². The first-order valence-corrected chi connectivity index (χ1v) is 8.99. The Hall–Kier alpha value is -1.79. The zero-order valence-corrected chi connectivity index (χ0v) is 13.8. The minimum Gasteiger partial charge on any atom is -0.493 e. The van der Waals surface area contributed by atoms with Gasteiger partial charge < -0.3 is 4.74 Å². The summed E-state index contributed by atoms with van der Waals surface area (Å²) >= 11 is 3.19. The average Bonchev–Trinajstić information content (AvgIpc) is 2.98.